The van der Waals surface area contributed by atoms with Gasteiger partial charge in [0, 0.05) is 57.2 Å². The number of aldehydes is 1. The van der Waals surface area contributed by atoms with E-state index in [1.54, 1.807) is 20.9 Å². The van der Waals surface area contributed by atoms with Crippen molar-refractivity contribution in [2.24, 2.45) is 34.6 Å². The van der Waals surface area contributed by atoms with Gasteiger partial charge in [0.05, 0.1) is 37.4 Å². The van der Waals surface area contributed by atoms with Crippen molar-refractivity contribution in [2.75, 3.05) is 42.0 Å². The number of likely N-dealkylation sites (N-methyl/N-ethyl adjacent to an activating group) is 1. The smallest absolute Gasteiger partial charge is 0.308 e. The van der Waals surface area contributed by atoms with Gasteiger partial charge in [-0.1, -0.05) is 45.4 Å². The Bertz CT molecular complexity index is 1290. The molecule has 0 amide bonds. The van der Waals surface area contributed by atoms with E-state index in [-0.39, 0.29) is 43.4 Å². The van der Waals surface area contributed by atoms with Crippen molar-refractivity contribution in [1.82, 2.24) is 4.90 Å². The SMILES string of the molecule is CC[C@H]1OC(=O)C[C@@H](O)[C@H](C)[C@@H](OC2OC(C)C(C)C(N(C)C)C2O)[C@@H](CC=O)C[C@@H](C)C(=NC)/C=C/C(C)=C/C1COC1OC(C)C(O)C(OC)C1OC. The van der Waals surface area contributed by atoms with Crippen LogP contribution >= 0.6 is 0 Å². The molecule has 17 atom stereocenters. The summed E-state index contributed by atoms with van der Waals surface area (Å²) in [6.07, 6.45) is -1.23. The van der Waals surface area contributed by atoms with Gasteiger partial charge in [0.15, 0.2) is 12.6 Å². The first-order valence-corrected chi connectivity index (χ1v) is 19.8. The number of aliphatic imine (C=N–C) groups is 1. The number of hydrogen-bond donors (Lipinski definition) is 3. The van der Waals surface area contributed by atoms with Crippen LogP contribution in [-0.4, -0.2) is 154 Å². The first-order valence-electron chi connectivity index (χ1n) is 19.8. The fourth-order valence-corrected chi connectivity index (χ4v) is 8.38. The predicted molar refractivity (Wildman–Crippen MR) is 207 cm³/mol. The maximum Gasteiger partial charge on any atom is 0.308 e. The highest BCUT2D eigenvalue weighted by Gasteiger charge is 2.47. The van der Waals surface area contributed by atoms with E-state index in [1.807, 2.05) is 71.8 Å². The molecule has 0 aromatic heterocycles. The molecular weight excluding hydrogens is 712 g/mol. The highest BCUT2D eigenvalue weighted by molar-refractivity contribution is 5.96. The van der Waals surface area contributed by atoms with Gasteiger partial charge in [-0.05, 0) is 65.6 Å². The van der Waals surface area contributed by atoms with Crippen LogP contribution in [0.4, 0.5) is 0 Å². The van der Waals surface area contributed by atoms with Gasteiger partial charge < -0.3 is 58.2 Å². The minimum atomic E-state index is -1.21. The average Bonchev–Trinajstić information content (AvgIpc) is 3.13. The Balaban J connectivity index is 2.00. The van der Waals surface area contributed by atoms with Crippen LogP contribution in [0.5, 0.6) is 0 Å². The molecule has 2 fully saturated rings. The summed E-state index contributed by atoms with van der Waals surface area (Å²) in [5.74, 6) is -2.23. The normalized spacial score (nSPS) is 43.8. The zero-order chi connectivity index (χ0) is 41.1. The number of esters is 1. The highest BCUT2D eigenvalue weighted by Crippen LogP contribution is 2.36. The van der Waals surface area contributed by atoms with Crippen molar-refractivity contribution in [3.05, 3.63) is 23.8 Å². The molecule has 55 heavy (non-hydrogen) atoms. The van der Waals surface area contributed by atoms with Crippen LogP contribution < -0.4 is 0 Å². The Labute approximate surface area is 328 Å². The van der Waals surface area contributed by atoms with Crippen molar-refractivity contribution >= 4 is 18.0 Å². The summed E-state index contributed by atoms with van der Waals surface area (Å²) >= 11 is 0. The number of aliphatic hydroxyl groups is 3. The fraction of sp³-hybridized carbons (Fsp3) is 0.829. The quantitative estimate of drug-likeness (QED) is 0.206. The minimum absolute atomic E-state index is 0.00845. The van der Waals surface area contributed by atoms with Crippen molar-refractivity contribution in [3.8, 4) is 0 Å². The number of rotatable bonds is 11. The van der Waals surface area contributed by atoms with Crippen molar-refractivity contribution < 1.29 is 58.1 Å². The number of methoxy groups -OCH3 is 2. The van der Waals surface area contributed by atoms with Crippen LogP contribution in [0.25, 0.3) is 0 Å². The largest absolute Gasteiger partial charge is 0.462 e. The lowest BCUT2D eigenvalue weighted by molar-refractivity contribution is -0.304. The lowest BCUT2D eigenvalue weighted by Gasteiger charge is -2.47. The summed E-state index contributed by atoms with van der Waals surface area (Å²) in [5, 5.41) is 33.9. The maximum atomic E-state index is 13.7. The molecule has 0 aromatic rings. The third-order valence-electron chi connectivity index (χ3n) is 11.8. The molecule has 11 unspecified atom stereocenters. The van der Waals surface area contributed by atoms with E-state index in [0.717, 1.165) is 17.6 Å². The summed E-state index contributed by atoms with van der Waals surface area (Å²) in [6.45, 7) is 13.5. The Morgan fingerprint density at radius 2 is 1.58 bits per heavy atom. The lowest BCUT2D eigenvalue weighted by atomic mass is 9.79. The topological polar surface area (TPSA) is 175 Å². The molecule has 0 aliphatic carbocycles. The second kappa shape index (κ2) is 22.2. The van der Waals surface area contributed by atoms with Gasteiger partial charge in [0.1, 0.15) is 36.8 Å². The van der Waals surface area contributed by atoms with Gasteiger partial charge in [-0.15, -0.1) is 0 Å². The number of nitrogens with zero attached hydrogens (tertiary/aromatic N) is 2. The van der Waals surface area contributed by atoms with Gasteiger partial charge in [-0.25, -0.2) is 0 Å². The van der Waals surface area contributed by atoms with Crippen molar-refractivity contribution in [1.29, 1.82) is 0 Å². The molecule has 14 heteroatoms. The molecule has 3 aliphatic rings. The average molecular weight is 783 g/mol. The summed E-state index contributed by atoms with van der Waals surface area (Å²) < 4.78 is 42.5. The first kappa shape index (κ1) is 47.3. The molecule has 3 N–H and O–H groups in total. The van der Waals surface area contributed by atoms with Gasteiger partial charge in [-0.2, -0.15) is 0 Å². The first-order chi connectivity index (χ1) is 26.0. The number of ether oxygens (including phenoxy) is 7. The summed E-state index contributed by atoms with van der Waals surface area (Å²) in [4.78, 5) is 32.4. The molecule has 0 saturated carbocycles. The van der Waals surface area contributed by atoms with Crippen LogP contribution in [0.1, 0.15) is 74.1 Å². The van der Waals surface area contributed by atoms with E-state index in [2.05, 4.69) is 4.99 Å². The van der Waals surface area contributed by atoms with E-state index >= 15 is 0 Å². The Morgan fingerprint density at radius 3 is 2.16 bits per heavy atom. The Kier molecular flexibility index (Phi) is 19.0. The van der Waals surface area contributed by atoms with E-state index in [1.165, 1.54) is 14.2 Å². The summed E-state index contributed by atoms with van der Waals surface area (Å²) in [5.41, 5.74) is 1.67. The lowest BCUT2D eigenvalue weighted by Crippen LogP contribution is -2.60. The number of cyclic esters (lactones) is 1. The van der Waals surface area contributed by atoms with Gasteiger partial charge in [0.2, 0.25) is 0 Å². The molecular formula is C41H70N2O12. The van der Waals surface area contributed by atoms with Crippen LogP contribution in [-0.2, 0) is 42.7 Å². The van der Waals surface area contributed by atoms with Crippen LogP contribution in [0.2, 0.25) is 0 Å². The van der Waals surface area contributed by atoms with E-state index in [0.29, 0.717) is 12.8 Å². The predicted octanol–water partition coefficient (Wildman–Crippen LogP) is 3.34. The summed E-state index contributed by atoms with van der Waals surface area (Å²) in [7, 11) is 8.53. The zero-order valence-corrected chi connectivity index (χ0v) is 35.1. The van der Waals surface area contributed by atoms with Gasteiger partial charge in [0.25, 0.3) is 0 Å². The third kappa shape index (κ3) is 12.2. The van der Waals surface area contributed by atoms with Crippen molar-refractivity contribution in [2.45, 2.75) is 148 Å². The number of allylic oxidation sites excluding steroid dienone is 3. The van der Waals surface area contributed by atoms with Crippen LogP contribution in [0.3, 0.4) is 0 Å². The highest BCUT2D eigenvalue weighted by atomic mass is 16.7. The molecule has 0 spiro atoms. The molecule has 0 radical (unpaired) electrons. The van der Waals surface area contributed by atoms with Gasteiger partial charge >= 0.3 is 5.97 Å². The Morgan fingerprint density at radius 1 is 0.927 bits per heavy atom. The molecule has 0 bridgehead atoms. The van der Waals surface area contributed by atoms with E-state index in [4.69, 9.17) is 33.2 Å². The number of carbonyl (C=O) groups is 2. The molecule has 3 aliphatic heterocycles. The number of hydrogen-bond acceptors (Lipinski definition) is 14. The molecule has 316 valence electrons. The monoisotopic (exact) mass is 782 g/mol. The van der Waals surface area contributed by atoms with E-state index < -0.39 is 85.1 Å². The Hall–Kier alpha value is -2.11. The molecule has 3 heterocycles. The second-order valence-electron chi connectivity index (χ2n) is 16.0. The molecule has 2 saturated heterocycles. The summed E-state index contributed by atoms with van der Waals surface area (Å²) in [6, 6.07) is -0.261. The van der Waals surface area contributed by atoms with Gasteiger partial charge in [-0.3, -0.25) is 9.79 Å². The zero-order valence-electron chi connectivity index (χ0n) is 35.1. The molecule has 3 rings (SSSR count). The van der Waals surface area contributed by atoms with E-state index in [9.17, 15) is 24.9 Å². The maximum absolute atomic E-state index is 13.7. The second-order valence-corrected chi connectivity index (χ2v) is 16.0. The molecule has 14 nitrogen and oxygen atoms in total. The molecule has 0 aromatic carbocycles. The minimum Gasteiger partial charge on any atom is -0.462 e. The fourth-order valence-electron chi connectivity index (χ4n) is 8.38. The van der Waals surface area contributed by atoms with Crippen molar-refractivity contribution in [3.63, 3.8) is 0 Å². The van der Waals surface area contributed by atoms with Crippen LogP contribution in [0, 0.1) is 29.6 Å². The number of carbonyl (C=O) groups excluding carboxylic acids is 2. The third-order valence-corrected chi connectivity index (χ3v) is 11.8. The standard InChI is InChI=1S/C41H70N2O12/c1-13-32-29(21-51-41-39(50-12)38(49-11)35(47)27(7)53-41)18-22(2)14-15-30(42-8)23(3)19-28(16-17-44)37(25(5)31(45)20-33(46)54-32)55-40-36(48)34(43(9)10)24(4)26(6)52-40/h14-15,17-18,23-29,31-32,34-41,45,47-48H,13,16,19-21H2,1-12H3/b15-14+,22-18+,42-30?/t23-,24?,25+,26?,27?,28+,29?,31-,32-,34?,35?,36?,37-,38?,39?,40?,41?/m1/s1. The van der Waals surface area contributed by atoms with Crippen LogP contribution in [0.15, 0.2) is 28.8 Å². The number of aliphatic hydroxyl groups excluding tert-OH is 3.